The summed E-state index contributed by atoms with van der Waals surface area (Å²) in [6.07, 6.45) is 3.56. The molecule has 5 rings (SSSR count). The van der Waals surface area contributed by atoms with Gasteiger partial charge in [0.1, 0.15) is 0 Å². The second kappa shape index (κ2) is 9.03. The van der Waals surface area contributed by atoms with Gasteiger partial charge in [-0.2, -0.15) is 0 Å². The van der Waals surface area contributed by atoms with Crippen LogP contribution >= 0.6 is 0 Å². The van der Waals surface area contributed by atoms with Crippen LogP contribution in [0.15, 0.2) is 48.5 Å². The van der Waals surface area contributed by atoms with Crippen molar-refractivity contribution in [2.45, 2.75) is 51.4 Å². The first-order chi connectivity index (χ1) is 14.7. The van der Waals surface area contributed by atoms with Crippen LogP contribution < -0.4 is 0 Å². The summed E-state index contributed by atoms with van der Waals surface area (Å²) in [5.41, 5.74) is 4.54. The molecule has 2 aromatic rings. The molecule has 30 heavy (non-hydrogen) atoms. The highest BCUT2D eigenvalue weighted by Crippen LogP contribution is 2.58. The Labute approximate surface area is 178 Å². The van der Waals surface area contributed by atoms with Crippen LogP contribution in [0, 0.1) is 11.8 Å². The van der Waals surface area contributed by atoms with Crippen LogP contribution in [0.1, 0.15) is 73.6 Å². The Bertz CT molecular complexity index is 797. The van der Waals surface area contributed by atoms with Gasteiger partial charge in [0.05, 0.1) is 25.0 Å². The van der Waals surface area contributed by atoms with Crippen molar-refractivity contribution in [1.82, 2.24) is 0 Å². The van der Waals surface area contributed by atoms with Crippen LogP contribution in [-0.4, -0.2) is 25.2 Å². The van der Waals surface area contributed by atoms with Crippen molar-refractivity contribution in [3.8, 4) is 0 Å². The molecule has 0 saturated carbocycles. The minimum absolute atomic E-state index is 0.180. The molecule has 0 heterocycles. The maximum Gasteiger partial charge on any atom is 0.310 e. The Morgan fingerprint density at radius 1 is 0.667 bits per heavy atom. The van der Waals surface area contributed by atoms with Crippen molar-refractivity contribution in [2.75, 3.05) is 13.2 Å². The van der Waals surface area contributed by atoms with Gasteiger partial charge in [0.2, 0.25) is 0 Å². The van der Waals surface area contributed by atoms with Crippen molar-refractivity contribution in [3.05, 3.63) is 70.8 Å². The largest absolute Gasteiger partial charge is 0.465 e. The van der Waals surface area contributed by atoms with Gasteiger partial charge in [0, 0.05) is 11.8 Å². The van der Waals surface area contributed by atoms with E-state index in [0.717, 1.165) is 47.9 Å². The molecule has 0 radical (unpaired) electrons. The molecule has 0 unspecified atom stereocenters. The summed E-state index contributed by atoms with van der Waals surface area (Å²) < 4.78 is 11.3. The van der Waals surface area contributed by atoms with E-state index < -0.39 is 11.8 Å². The third-order valence-corrected chi connectivity index (χ3v) is 6.47. The number of fused-ring (bicyclic) bond motifs is 1. The van der Waals surface area contributed by atoms with Gasteiger partial charge in [-0.1, -0.05) is 75.2 Å². The molecule has 0 fully saturated rings. The molecule has 0 amide bonds. The van der Waals surface area contributed by atoms with E-state index in [4.69, 9.17) is 9.47 Å². The Hall–Kier alpha value is -2.62. The van der Waals surface area contributed by atoms with Crippen molar-refractivity contribution in [1.29, 1.82) is 0 Å². The first-order valence-electron chi connectivity index (χ1n) is 11.2. The summed E-state index contributed by atoms with van der Waals surface area (Å²) in [6, 6.07) is 16.4. The molecule has 3 aliphatic carbocycles. The maximum absolute atomic E-state index is 13.3. The van der Waals surface area contributed by atoms with Crippen LogP contribution in [-0.2, 0) is 19.1 Å². The van der Waals surface area contributed by atoms with E-state index in [2.05, 4.69) is 38.1 Å². The zero-order chi connectivity index (χ0) is 21.1. The average Bonchev–Trinajstić information content (AvgIpc) is 2.78. The zero-order valence-electron chi connectivity index (χ0n) is 17.8. The second-order valence-corrected chi connectivity index (χ2v) is 8.31. The quantitative estimate of drug-likeness (QED) is 0.447. The van der Waals surface area contributed by atoms with Gasteiger partial charge < -0.3 is 9.47 Å². The SMILES string of the molecule is CCCCOC(=O)[C@@H]1C2c3ccccc3C(c3ccccc32)[C@@H]1C(=O)OCCCC. The van der Waals surface area contributed by atoms with Gasteiger partial charge in [0.15, 0.2) is 0 Å². The summed E-state index contributed by atoms with van der Waals surface area (Å²) in [5.74, 6) is -2.02. The minimum Gasteiger partial charge on any atom is -0.465 e. The summed E-state index contributed by atoms with van der Waals surface area (Å²) in [5, 5.41) is 0. The van der Waals surface area contributed by atoms with Crippen LogP contribution in [0.3, 0.4) is 0 Å². The zero-order valence-corrected chi connectivity index (χ0v) is 17.8. The van der Waals surface area contributed by atoms with E-state index in [0.29, 0.717) is 13.2 Å². The van der Waals surface area contributed by atoms with Crippen LogP contribution in [0.4, 0.5) is 0 Å². The Morgan fingerprint density at radius 2 is 1.00 bits per heavy atom. The number of rotatable bonds is 8. The Morgan fingerprint density at radius 3 is 1.30 bits per heavy atom. The van der Waals surface area contributed by atoms with Crippen molar-refractivity contribution < 1.29 is 19.1 Å². The summed E-state index contributed by atoms with van der Waals surface area (Å²) in [4.78, 5) is 26.6. The maximum atomic E-state index is 13.3. The highest BCUT2D eigenvalue weighted by molar-refractivity contribution is 5.88. The van der Waals surface area contributed by atoms with Crippen LogP contribution in [0.2, 0.25) is 0 Å². The topological polar surface area (TPSA) is 52.6 Å². The van der Waals surface area contributed by atoms with Gasteiger partial charge >= 0.3 is 11.9 Å². The van der Waals surface area contributed by atoms with E-state index in [1.807, 2.05) is 24.3 Å². The Kier molecular flexibility index (Phi) is 6.21. The smallest absolute Gasteiger partial charge is 0.310 e. The van der Waals surface area contributed by atoms with Gasteiger partial charge in [-0.15, -0.1) is 0 Å². The molecule has 2 atom stereocenters. The first kappa shape index (κ1) is 20.6. The number of carbonyl (C=O) groups is 2. The van der Waals surface area contributed by atoms with E-state index in [1.54, 1.807) is 0 Å². The molecule has 4 heteroatoms. The molecule has 2 aromatic carbocycles. The normalized spacial score (nSPS) is 23.4. The lowest BCUT2D eigenvalue weighted by atomic mass is 9.54. The number of carbonyl (C=O) groups excluding carboxylic acids is 2. The predicted molar refractivity (Wildman–Crippen MR) is 115 cm³/mol. The molecule has 0 aliphatic heterocycles. The molecule has 4 nitrogen and oxygen atoms in total. The predicted octanol–water partition coefficient (Wildman–Crippen LogP) is 5.20. The summed E-state index contributed by atoms with van der Waals surface area (Å²) >= 11 is 0. The molecule has 158 valence electrons. The number of hydrogen-bond donors (Lipinski definition) is 0. The number of esters is 2. The number of hydrogen-bond acceptors (Lipinski definition) is 4. The summed E-state index contributed by atoms with van der Waals surface area (Å²) in [6.45, 7) is 4.92. The van der Waals surface area contributed by atoms with E-state index in [-0.39, 0.29) is 23.8 Å². The van der Waals surface area contributed by atoms with E-state index in [9.17, 15) is 9.59 Å². The Balaban J connectivity index is 1.78. The first-order valence-corrected chi connectivity index (χ1v) is 11.2. The van der Waals surface area contributed by atoms with Crippen molar-refractivity contribution >= 4 is 11.9 Å². The number of ether oxygens (including phenoxy) is 2. The standard InChI is InChI=1S/C26H30O4/c1-3-5-15-29-25(27)23-21-17-11-7-9-13-19(17)22(20-14-10-8-12-18(20)21)24(23)26(28)30-16-6-4-2/h7-14,21-24H,3-6,15-16H2,1-2H3/t21?,22?,23-,24+. The van der Waals surface area contributed by atoms with Gasteiger partial charge in [-0.05, 0) is 35.1 Å². The molecule has 0 aromatic heterocycles. The fraction of sp³-hybridized carbons (Fsp3) is 0.462. The monoisotopic (exact) mass is 406 g/mol. The van der Waals surface area contributed by atoms with E-state index >= 15 is 0 Å². The number of unbranched alkanes of at least 4 members (excludes halogenated alkanes) is 2. The molecule has 0 saturated heterocycles. The molecular formula is C26H30O4. The van der Waals surface area contributed by atoms with E-state index in [1.165, 1.54) is 0 Å². The molecular weight excluding hydrogens is 376 g/mol. The lowest BCUT2D eigenvalue weighted by Crippen LogP contribution is -2.48. The summed E-state index contributed by atoms with van der Waals surface area (Å²) in [7, 11) is 0. The fourth-order valence-corrected chi connectivity index (χ4v) is 5.07. The number of benzene rings is 2. The second-order valence-electron chi connectivity index (χ2n) is 8.31. The highest BCUT2D eigenvalue weighted by atomic mass is 16.5. The molecule has 0 N–H and O–H groups in total. The van der Waals surface area contributed by atoms with Crippen LogP contribution in [0.25, 0.3) is 0 Å². The fourth-order valence-electron chi connectivity index (χ4n) is 5.07. The van der Waals surface area contributed by atoms with Crippen molar-refractivity contribution in [3.63, 3.8) is 0 Å². The average molecular weight is 407 g/mol. The lowest BCUT2D eigenvalue weighted by molar-refractivity contribution is -0.163. The van der Waals surface area contributed by atoms with Gasteiger partial charge in [-0.3, -0.25) is 9.59 Å². The van der Waals surface area contributed by atoms with Gasteiger partial charge in [0.25, 0.3) is 0 Å². The highest BCUT2D eigenvalue weighted by Gasteiger charge is 2.56. The molecule has 0 spiro atoms. The third-order valence-electron chi connectivity index (χ3n) is 6.47. The lowest BCUT2D eigenvalue weighted by Gasteiger charge is -2.48. The van der Waals surface area contributed by atoms with Crippen LogP contribution in [0.5, 0.6) is 0 Å². The van der Waals surface area contributed by atoms with Crippen molar-refractivity contribution in [2.24, 2.45) is 11.8 Å². The molecule has 2 bridgehead atoms. The molecule has 3 aliphatic rings. The van der Waals surface area contributed by atoms with Gasteiger partial charge in [-0.25, -0.2) is 0 Å². The minimum atomic E-state index is -0.550. The third kappa shape index (κ3) is 3.53.